The lowest BCUT2D eigenvalue weighted by molar-refractivity contribution is 0.0962. The van der Waals surface area contributed by atoms with Gasteiger partial charge in [0.05, 0.1) is 0 Å². The van der Waals surface area contributed by atoms with Gasteiger partial charge in [-0.3, -0.25) is 4.79 Å². The van der Waals surface area contributed by atoms with E-state index in [0.717, 1.165) is 20.3 Å². The van der Waals surface area contributed by atoms with E-state index in [1.807, 2.05) is 19.9 Å². The molecule has 1 N–H and O–H groups in total. The summed E-state index contributed by atoms with van der Waals surface area (Å²) in [6.07, 6.45) is 0. The summed E-state index contributed by atoms with van der Waals surface area (Å²) in [6, 6.07) is 3.98. The van der Waals surface area contributed by atoms with Crippen LogP contribution in [0.2, 0.25) is 0 Å². The molecule has 1 amide bonds. The van der Waals surface area contributed by atoms with Crippen molar-refractivity contribution in [2.45, 2.75) is 13.8 Å². The second kappa shape index (κ2) is 4.09. The van der Waals surface area contributed by atoms with Crippen LogP contribution in [0.4, 0.5) is 0 Å². The van der Waals surface area contributed by atoms with Crippen molar-refractivity contribution in [3.63, 3.8) is 0 Å². The Morgan fingerprint density at radius 3 is 2.54 bits per heavy atom. The van der Waals surface area contributed by atoms with Crippen molar-refractivity contribution in [2.75, 3.05) is 7.05 Å². The van der Waals surface area contributed by atoms with Crippen LogP contribution < -0.4 is 5.32 Å². The molecule has 3 heteroatoms. The molecule has 0 saturated heterocycles. The Labute approximate surface area is 91.9 Å². The fraction of sp³-hybridized carbons (Fsp3) is 0.300. The van der Waals surface area contributed by atoms with Crippen molar-refractivity contribution in [2.24, 2.45) is 0 Å². The number of aryl methyl sites for hydroxylation is 1. The third-order valence-corrected chi connectivity index (χ3v) is 3.08. The zero-order valence-corrected chi connectivity index (χ0v) is 10.1. The van der Waals surface area contributed by atoms with Gasteiger partial charge in [0.15, 0.2) is 0 Å². The molecule has 2 nitrogen and oxygen atoms in total. The summed E-state index contributed by atoms with van der Waals surface area (Å²) in [5.41, 5.74) is 2.94. The summed E-state index contributed by atoms with van der Waals surface area (Å²) in [5, 5.41) is 2.63. The average Bonchev–Trinajstić information content (AvgIpc) is 2.10. The highest BCUT2D eigenvalue weighted by molar-refractivity contribution is 14.1. The number of carbonyl (C=O) groups is 1. The molecule has 1 aromatic rings. The van der Waals surface area contributed by atoms with Gasteiger partial charge < -0.3 is 5.32 Å². The summed E-state index contributed by atoms with van der Waals surface area (Å²) in [5.74, 6) is -0.0147. The molecule has 0 heterocycles. The van der Waals surface area contributed by atoms with Crippen LogP contribution in [0.3, 0.4) is 0 Å². The van der Waals surface area contributed by atoms with Gasteiger partial charge in [0, 0.05) is 16.2 Å². The Morgan fingerprint density at radius 1 is 1.38 bits per heavy atom. The molecule has 1 rings (SSSR count). The monoisotopic (exact) mass is 289 g/mol. The van der Waals surface area contributed by atoms with Gasteiger partial charge in [-0.25, -0.2) is 0 Å². The van der Waals surface area contributed by atoms with Crippen molar-refractivity contribution >= 4 is 28.5 Å². The van der Waals surface area contributed by atoms with Crippen molar-refractivity contribution in [3.05, 3.63) is 32.4 Å². The Morgan fingerprint density at radius 2 is 2.00 bits per heavy atom. The van der Waals surface area contributed by atoms with Crippen LogP contribution in [-0.4, -0.2) is 13.0 Å². The highest BCUT2D eigenvalue weighted by atomic mass is 127. The molecular weight excluding hydrogens is 277 g/mol. The van der Waals surface area contributed by atoms with Crippen LogP contribution >= 0.6 is 22.6 Å². The van der Waals surface area contributed by atoms with E-state index in [1.54, 1.807) is 7.05 Å². The van der Waals surface area contributed by atoms with Crippen molar-refractivity contribution < 1.29 is 4.79 Å². The van der Waals surface area contributed by atoms with Crippen molar-refractivity contribution in [3.8, 4) is 0 Å². The Balaban J connectivity index is 3.28. The van der Waals surface area contributed by atoms with Gasteiger partial charge >= 0.3 is 0 Å². The highest BCUT2D eigenvalue weighted by Gasteiger charge is 2.09. The molecule has 0 bridgehead atoms. The van der Waals surface area contributed by atoms with E-state index in [9.17, 15) is 4.79 Å². The maximum atomic E-state index is 11.4. The van der Waals surface area contributed by atoms with Crippen molar-refractivity contribution in [1.29, 1.82) is 0 Å². The largest absolute Gasteiger partial charge is 0.355 e. The molecule has 1 aromatic carbocycles. The summed E-state index contributed by atoms with van der Waals surface area (Å²) < 4.78 is 1.14. The van der Waals surface area contributed by atoms with Crippen LogP contribution in [0.15, 0.2) is 12.1 Å². The second-order valence-corrected chi connectivity index (χ2v) is 4.16. The summed E-state index contributed by atoms with van der Waals surface area (Å²) in [6.45, 7) is 3.96. The smallest absolute Gasteiger partial charge is 0.251 e. The predicted molar refractivity (Wildman–Crippen MR) is 62.0 cm³/mol. The van der Waals surface area contributed by atoms with E-state index < -0.39 is 0 Å². The molecule has 0 spiro atoms. The lowest BCUT2D eigenvalue weighted by Crippen LogP contribution is -2.19. The SMILES string of the molecule is CNC(=O)c1cc(C)cc(I)c1C. The summed E-state index contributed by atoms with van der Waals surface area (Å²) >= 11 is 2.25. The molecule has 0 unspecified atom stereocenters. The molecule has 0 fully saturated rings. The van der Waals surface area contributed by atoms with Crippen LogP contribution in [0.25, 0.3) is 0 Å². The first kappa shape index (κ1) is 10.5. The maximum Gasteiger partial charge on any atom is 0.251 e. The number of amides is 1. The topological polar surface area (TPSA) is 29.1 Å². The highest BCUT2D eigenvalue weighted by Crippen LogP contribution is 2.18. The number of carbonyl (C=O) groups excluding carboxylic acids is 1. The van der Waals surface area contributed by atoms with E-state index in [0.29, 0.717) is 0 Å². The second-order valence-electron chi connectivity index (χ2n) is 3.00. The van der Waals surface area contributed by atoms with E-state index in [2.05, 4.69) is 34.0 Å². The summed E-state index contributed by atoms with van der Waals surface area (Å²) in [4.78, 5) is 11.4. The van der Waals surface area contributed by atoms with Crippen LogP contribution in [-0.2, 0) is 0 Å². The Kier molecular flexibility index (Phi) is 3.30. The van der Waals surface area contributed by atoms with Gasteiger partial charge in [0.1, 0.15) is 0 Å². The lowest BCUT2D eigenvalue weighted by Gasteiger charge is -2.07. The maximum absolute atomic E-state index is 11.4. The first-order valence-corrected chi connectivity index (χ1v) is 5.13. The normalized spacial score (nSPS) is 9.85. The zero-order chi connectivity index (χ0) is 10.0. The van der Waals surface area contributed by atoms with Gasteiger partial charge in [0.2, 0.25) is 0 Å². The van der Waals surface area contributed by atoms with E-state index in [4.69, 9.17) is 0 Å². The number of rotatable bonds is 1. The average molecular weight is 289 g/mol. The van der Waals surface area contributed by atoms with E-state index in [1.165, 1.54) is 0 Å². The minimum Gasteiger partial charge on any atom is -0.355 e. The number of nitrogens with one attached hydrogen (secondary N) is 1. The van der Waals surface area contributed by atoms with Crippen LogP contribution in [0.1, 0.15) is 21.5 Å². The molecule has 0 radical (unpaired) electrons. The Bertz CT molecular complexity index is 347. The number of hydrogen-bond donors (Lipinski definition) is 1. The van der Waals surface area contributed by atoms with Crippen LogP contribution in [0.5, 0.6) is 0 Å². The summed E-state index contributed by atoms with van der Waals surface area (Å²) in [7, 11) is 1.65. The van der Waals surface area contributed by atoms with Gasteiger partial charge in [-0.15, -0.1) is 0 Å². The number of hydrogen-bond acceptors (Lipinski definition) is 1. The van der Waals surface area contributed by atoms with Gasteiger partial charge in [-0.2, -0.15) is 0 Å². The van der Waals surface area contributed by atoms with E-state index >= 15 is 0 Å². The number of benzene rings is 1. The fourth-order valence-electron chi connectivity index (χ4n) is 1.18. The number of halogens is 1. The quantitative estimate of drug-likeness (QED) is 0.789. The fourth-order valence-corrected chi connectivity index (χ4v) is 1.97. The molecule has 0 aliphatic rings. The van der Waals surface area contributed by atoms with E-state index in [-0.39, 0.29) is 5.91 Å². The molecule has 0 saturated carbocycles. The molecule has 0 aromatic heterocycles. The molecule has 13 heavy (non-hydrogen) atoms. The molecule has 0 aliphatic heterocycles. The first-order valence-electron chi connectivity index (χ1n) is 4.05. The van der Waals surface area contributed by atoms with Gasteiger partial charge in [0.25, 0.3) is 5.91 Å². The molecule has 70 valence electrons. The van der Waals surface area contributed by atoms with Gasteiger partial charge in [-0.05, 0) is 59.7 Å². The molecule has 0 aliphatic carbocycles. The molecule has 0 atom stereocenters. The zero-order valence-electron chi connectivity index (χ0n) is 7.94. The van der Waals surface area contributed by atoms with Crippen molar-refractivity contribution in [1.82, 2.24) is 5.32 Å². The lowest BCUT2D eigenvalue weighted by atomic mass is 10.1. The van der Waals surface area contributed by atoms with Crippen LogP contribution in [0, 0.1) is 17.4 Å². The minimum absolute atomic E-state index is 0.0147. The standard InChI is InChI=1S/C10H12INO/c1-6-4-8(10(13)12-3)7(2)9(11)5-6/h4-5H,1-3H3,(H,12,13). The first-order chi connectivity index (χ1) is 6.06. The third kappa shape index (κ3) is 2.21. The van der Waals surface area contributed by atoms with Gasteiger partial charge in [-0.1, -0.05) is 0 Å². The molecular formula is C10H12INO. The minimum atomic E-state index is -0.0147. The Hall–Kier alpha value is -0.580. The predicted octanol–water partition coefficient (Wildman–Crippen LogP) is 2.27. The third-order valence-electron chi connectivity index (χ3n) is 1.96.